The number of hydrogen-bond acceptors (Lipinski definition) is 3. The van der Waals surface area contributed by atoms with Crippen LogP contribution >= 0.6 is 15.9 Å². The molecule has 0 fully saturated rings. The monoisotopic (exact) mass is 334 g/mol. The molecule has 1 amide bonds. The zero-order valence-electron chi connectivity index (χ0n) is 11.4. The van der Waals surface area contributed by atoms with Crippen molar-refractivity contribution in [1.29, 1.82) is 0 Å². The Bertz CT molecular complexity index is 707. The standard InChI is InChI=1S/C14H15BrN4O/c1-18-10-4-3-8(5-9(10)6-12(18)20)14-13(15)11(7-16)19(2)17-14/h3-5H,6-7,16H2,1-2H3. The molecule has 1 aliphatic heterocycles. The van der Waals surface area contributed by atoms with E-state index in [0.717, 1.165) is 32.7 Å². The van der Waals surface area contributed by atoms with Crippen LogP contribution in [0.2, 0.25) is 0 Å². The van der Waals surface area contributed by atoms with Gasteiger partial charge in [-0.25, -0.2) is 0 Å². The van der Waals surface area contributed by atoms with Gasteiger partial charge >= 0.3 is 0 Å². The lowest BCUT2D eigenvalue weighted by Gasteiger charge is -2.10. The Morgan fingerprint density at radius 1 is 1.40 bits per heavy atom. The molecule has 5 nitrogen and oxygen atoms in total. The van der Waals surface area contributed by atoms with Crippen LogP contribution in [0.4, 0.5) is 5.69 Å². The average molecular weight is 335 g/mol. The van der Waals surface area contributed by atoms with Gasteiger partial charge in [0.05, 0.1) is 16.6 Å². The van der Waals surface area contributed by atoms with Gasteiger partial charge < -0.3 is 10.6 Å². The summed E-state index contributed by atoms with van der Waals surface area (Å²) < 4.78 is 2.70. The first-order valence-corrected chi connectivity index (χ1v) is 7.13. The quantitative estimate of drug-likeness (QED) is 0.911. The van der Waals surface area contributed by atoms with Crippen LogP contribution in [-0.4, -0.2) is 22.7 Å². The third-order valence-electron chi connectivity index (χ3n) is 3.73. The SMILES string of the molecule is CN1C(=O)Cc2cc(-c3nn(C)c(CN)c3Br)ccc21. The van der Waals surface area contributed by atoms with E-state index in [2.05, 4.69) is 21.0 Å². The second-order valence-corrected chi connectivity index (χ2v) is 5.70. The second-order valence-electron chi connectivity index (χ2n) is 4.91. The summed E-state index contributed by atoms with van der Waals surface area (Å²) in [6.45, 7) is 0.427. The fourth-order valence-electron chi connectivity index (χ4n) is 2.56. The van der Waals surface area contributed by atoms with Gasteiger partial charge in [-0.1, -0.05) is 6.07 Å². The molecule has 0 radical (unpaired) electrons. The number of fused-ring (bicyclic) bond motifs is 1. The normalized spacial score (nSPS) is 14.0. The maximum atomic E-state index is 11.7. The molecule has 0 saturated carbocycles. The maximum absolute atomic E-state index is 11.7. The van der Waals surface area contributed by atoms with E-state index in [4.69, 9.17) is 5.73 Å². The Kier molecular flexibility index (Phi) is 3.14. The number of halogens is 1. The van der Waals surface area contributed by atoms with Crippen molar-refractivity contribution < 1.29 is 4.79 Å². The Morgan fingerprint density at radius 2 is 2.15 bits per heavy atom. The average Bonchev–Trinajstić information content (AvgIpc) is 2.87. The Labute approximate surface area is 125 Å². The number of aryl methyl sites for hydroxylation is 1. The van der Waals surface area contributed by atoms with Crippen LogP contribution in [0.1, 0.15) is 11.3 Å². The van der Waals surface area contributed by atoms with Crippen LogP contribution in [-0.2, 0) is 24.8 Å². The minimum atomic E-state index is 0.125. The minimum absolute atomic E-state index is 0.125. The number of nitrogens with two attached hydrogens (primary N) is 1. The second kappa shape index (κ2) is 4.71. The number of nitrogens with zero attached hydrogens (tertiary/aromatic N) is 3. The zero-order chi connectivity index (χ0) is 14.4. The van der Waals surface area contributed by atoms with Gasteiger partial charge in [-0.15, -0.1) is 0 Å². The summed E-state index contributed by atoms with van der Waals surface area (Å²) in [4.78, 5) is 13.4. The molecule has 1 aromatic carbocycles. The van der Waals surface area contributed by atoms with Crippen LogP contribution < -0.4 is 10.6 Å². The topological polar surface area (TPSA) is 64.2 Å². The molecule has 20 heavy (non-hydrogen) atoms. The van der Waals surface area contributed by atoms with E-state index < -0.39 is 0 Å². The van der Waals surface area contributed by atoms with Gasteiger partial charge in [0.2, 0.25) is 5.91 Å². The third-order valence-corrected chi connectivity index (χ3v) is 4.56. The first-order valence-electron chi connectivity index (χ1n) is 6.34. The molecule has 0 aliphatic carbocycles. The number of likely N-dealkylation sites (N-methyl/N-ethyl adjacent to an activating group) is 1. The van der Waals surface area contributed by atoms with Gasteiger partial charge in [0, 0.05) is 31.9 Å². The number of amides is 1. The molecule has 0 unspecified atom stereocenters. The number of aromatic nitrogens is 2. The third kappa shape index (κ3) is 1.87. The van der Waals surface area contributed by atoms with E-state index in [0.29, 0.717) is 13.0 Å². The van der Waals surface area contributed by atoms with Crippen LogP contribution in [0.25, 0.3) is 11.3 Å². The zero-order valence-corrected chi connectivity index (χ0v) is 12.9. The summed E-state index contributed by atoms with van der Waals surface area (Å²) in [5.41, 5.74) is 10.6. The summed E-state index contributed by atoms with van der Waals surface area (Å²) in [6, 6.07) is 5.99. The molecule has 1 aliphatic rings. The smallest absolute Gasteiger partial charge is 0.231 e. The highest BCUT2D eigenvalue weighted by Crippen LogP contribution is 2.35. The fraction of sp³-hybridized carbons (Fsp3) is 0.286. The Hall–Kier alpha value is -1.66. The van der Waals surface area contributed by atoms with Crippen molar-refractivity contribution in [2.75, 3.05) is 11.9 Å². The Morgan fingerprint density at radius 3 is 2.80 bits per heavy atom. The van der Waals surface area contributed by atoms with Crippen molar-refractivity contribution in [3.8, 4) is 11.3 Å². The largest absolute Gasteiger partial charge is 0.325 e. The highest BCUT2D eigenvalue weighted by atomic mass is 79.9. The van der Waals surface area contributed by atoms with Crippen molar-refractivity contribution in [3.63, 3.8) is 0 Å². The van der Waals surface area contributed by atoms with Crippen molar-refractivity contribution in [1.82, 2.24) is 9.78 Å². The molecule has 1 aromatic heterocycles. The highest BCUT2D eigenvalue weighted by molar-refractivity contribution is 9.10. The molecule has 6 heteroatoms. The lowest BCUT2D eigenvalue weighted by molar-refractivity contribution is -0.117. The van der Waals surface area contributed by atoms with E-state index in [9.17, 15) is 4.79 Å². The van der Waals surface area contributed by atoms with E-state index >= 15 is 0 Å². The molecule has 0 saturated heterocycles. The molecule has 2 N–H and O–H groups in total. The lowest BCUT2D eigenvalue weighted by Crippen LogP contribution is -2.20. The summed E-state index contributed by atoms with van der Waals surface area (Å²) in [5, 5.41) is 4.51. The highest BCUT2D eigenvalue weighted by Gasteiger charge is 2.25. The van der Waals surface area contributed by atoms with Gasteiger partial charge in [0.1, 0.15) is 5.69 Å². The molecule has 104 valence electrons. The van der Waals surface area contributed by atoms with Gasteiger partial charge in [-0.2, -0.15) is 5.10 Å². The van der Waals surface area contributed by atoms with Crippen LogP contribution in [0.3, 0.4) is 0 Å². The van der Waals surface area contributed by atoms with Crippen molar-refractivity contribution in [2.45, 2.75) is 13.0 Å². The van der Waals surface area contributed by atoms with E-state index in [1.54, 1.807) is 16.6 Å². The number of carbonyl (C=O) groups excluding carboxylic acids is 1. The number of rotatable bonds is 2. The molecular formula is C14H15BrN4O. The minimum Gasteiger partial charge on any atom is -0.325 e. The summed E-state index contributed by atoms with van der Waals surface area (Å²) in [7, 11) is 3.68. The number of benzene rings is 1. The molecule has 2 aromatic rings. The van der Waals surface area contributed by atoms with Gasteiger partial charge in [-0.3, -0.25) is 9.48 Å². The predicted molar refractivity (Wildman–Crippen MR) is 81.3 cm³/mol. The number of carbonyl (C=O) groups is 1. The molecule has 0 bridgehead atoms. The molecule has 3 rings (SSSR count). The van der Waals surface area contributed by atoms with E-state index in [1.165, 1.54) is 0 Å². The van der Waals surface area contributed by atoms with Crippen molar-refractivity contribution in [2.24, 2.45) is 12.8 Å². The first kappa shape index (κ1) is 13.3. The van der Waals surface area contributed by atoms with E-state index in [-0.39, 0.29) is 5.91 Å². The molecule has 2 heterocycles. The Balaban J connectivity index is 2.09. The molecule has 0 spiro atoms. The van der Waals surface area contributed by atoms with Gasteiger partial charge in [-0.05, 0) is 33.6 Å². The molecule has 0 atom stereocenters. The molecular weight excluding hydrogens is 320 g/mol. The summed E-state index contributed by atoms with van der Waals surface area (Å²) >= 11 is 3.56. The number of hydrogen-bond donors (Lipinski definition) is 1. The van der Waals surface area contributed by atoms with E-state index in [1.807, 2.05) is 25.2 Å². The van der Waals surface area contributed by atoms with Crippen LogP contribution in [0.15, 0.2) is 22.7 Å². The van der Waals surface area contributed by atoms with Crippen molar-refractivity contribution >= 4 is 27.5 Å². The first-order chi connectivity index (χ1) is 9.52. The summed E-state index contributed by atoms with van der Waals surface area (Å²) in [5.74, 6) is 0.125. The summed E-state index contributed by atoms with van der Waals surface area (Å²) in [6.07, 6.45) is 0.452. The predicted octanol–water partition coefficient (Wildman–Crippen LogP) is 1.83. The lowest BCUT2D eigenvalue weighted by atomic mass is 10.1. The van der Waals surface area contributed by atoms with Gasteiger partial charge in [0.25, 0.3) is 0 Å². The number of anilines is 1. The van der Waals surface area contributed by atoms with Crippen molar-refractivity contribution in [3.05, 3.63) is 33.9 Å². The van der Waals surface area contributed by atoms with Gasteiger partial charge in [0.15, 0.2) is 0 Å². The van der Waals surface area contributed by atoms with Crippen LogP contribution in [0, 0.1) is 0 Å². The maximum Gasteiger partial charge on any atom is 0.231 e. The fourth-order valence-corrected chi connectivity index (χ4v) is 3.28. The van der Waals surface area contributed by atoms with Crippen LogP contribution in [0.5, 0.6) is 0 Å².